The molecule has 5 nitrogen and oxygen atoms in total. The number of rotatable bonds is 8. The van der Waals surface area contributed by atoms with Gasteiger partial charge in [-0.1, -0.05) is 53.7 Å². The fourth-order valence-electron chi connectivity index (χ4n) is 3.13. The Hall–Kier alpha value is -3.09. The number of ketones is 1. The van der Waals surface area contributed by atoms with Crippen LogP contribution < -0.4 is 4.74 Å². The van der Waals surface area contributed by atoms with Crippen LogP contribution in [0, 0.1) is 0 Å². The van der Waals surface area contributed by atoms with Gasteiger partial charge in [0.05, 0.1) is 12.9 Å². The molecule has 1 aromatic heterocycles. The third kappa shape index (κ3) is 5.16. The topological polar surface area (TPSA) is 57.0 Å². The zero-order valence-corrected chi connectivity index (χ0v) is 18.4. The molecule has 0 atom stereocenters. The molecule has 31 heavy (non-hydrogen) atoms. The van der Waals surface area contributed by atoms with Crippen LogP contribution in [0.1, 0.15) is 21.7 Å². The van der Waals surface area contributed by atoms with Gasteiger partial charge in [0, 0.05) is 22.7 Å². The second-order valence-electron chi connectivity index (χ2n) is 6.81. The Morgan fingerprint density at radius 3 is 2.35 bits per heavy atom. The number of aromatic nitrogens is 3. The van der Waals surface area contributed by atoms with Crippen molar-refractivity contribution in [3.8, 4) is 11.4 Å². The molecule has 0 saturated heterocycles. The van der Waals surface area contributed by atoms with Crippen molar-refractivity contribution in [2.45, 2.75) is 11.6 Å². The Morgan fingerprint density at radius 2 is 1.68 bits per heavy atom. The predicted octanol–water partition coefficient (Wildman–Crippen LogP) is 5.50. The van der Waals surface area contributed by atoms with Gasteiger partial charge in [-0.25, -0.2) is 0 Å². The standard InChI is InChI=1S/C24H20ClN3O2S/c1-30-21-13-7-18(8-14-21)22(29)16-31-24-27-26-23(15-17-5-3-2-4-6-17)28(24)20-11-9-19(25)10-12-20/h2-14H,15-16H2,1H3. The molecular weight excluding hydrogens is 430 g/mol. The summed E-state index contributed by atoms with van der Waals surface area (Å²) in [5.74, 6) is 1.79. The molecule has 3 aromatic carbocycles. The van der Waals surface area contributed by atoms with Crippen LogP contribution in [-0.2, 0) is 6.42 Å². The summed E-state index contributed by atoms with van der Waals surface area (Å²) < 4.78 is 7.14. The maximum absolute atomic E-state index is 12.7. The second kappa shape index (κ2) is 9.81. The van der Waals surface area contributed by atoms with E-state index in [-0.39, 0.29) is 11.5 Å². The lowest BCUT2D eigenvalue weighted by atomic mass is 10.1. The largest absolute Gasteiger partial charge is 0.497 e. The first kappa shape index (κ1) is 21.2. The minimum absolute atomic E-state index is 0.0166. The van der Waals surface area contributed by atoms with Crippen molar-refractivity contribution in [1.82, 2.24) is 14.8 Å². The van der Waals surface area contributed by atoms with Crippen molar-refractivity contribution in [2.24, 2.45) is 0 Å². The van der Waals surface area contributed by atoms with Crippen LogP contribution in [0.4, 0.5) is 0 Å². The Bertz CT molecular complexity index is 1160. The summed E-state index contributed by atoms with van der Waals surface area (Å²) in [6, 6.07) is 24.7. The highest BCUT2D eigenvalue weighted by Crippen LogP contribution is 2.25. The average Bonchev–Trinajstić information content (AvgIpc) is 3.21. The van der Waals surface area contributed by atoms with E-state index in [1.54, 1.807) is 31.4 Å². The van der Waals surface area contributed by atoms with E-state index in [0.717, 1.165) is 22.8 Å². The van der Waals surface area contributed by atoms with Crippen molar-refractivity contribution in [3.63, 3.8) is 0 Å². The van der Waals surface area contributed by atoms with E-state index in [2.05, 4.69) is 22.3 Å². The third-order valence-electron chi connectivity index (χ3n) is 4.73. The van der Waals surface area contributed by atoms with Crippen molar-refractivity contribution in [1.29, 1.82) is 0 Å². The molecule has 4 rings (SSSR count). The van der Waals surface area contributed by atoms with Gasteiger partial charge in [-0.2, -0.15) is 0 Å². The Labute approximate surface area is 190 Å². The first-order valence-corrected chi connectivity index (χ1v) is 11.0. The van der Waals surface area contributed by atoms with Gasteiger partial charge in [-0.3, -0.25) is 9.36 Å². The molecule has 0 fully saturated rings. The van der Waals surface area contributed by atoms with E-state index in [4.69, 9.17) is 16.3 Å². The molecule has 0 unspecified atom stereocenters. The van der Waals surface area contributed by atoms with Crippen molar-refractivity contribution >= 4 is 29.1 Å². The molecule has 0 aliphatic heterocycles. The van der Waals surface area contributed by atoms with Crippen LogP contribution in [0.2, 0.25) is 5.02 Å². The Morgan fingerprint density at radius 1 is 0.968 bits per heavy atom. The minimum atomic E-state index is 0.0166. The average molecular weight is 450 g/mol. The zero-order valence-electron chi connectivity index (χ0n) is 16.9. The summed E-state index contributed by atoms with van der Waals surface area (Å²) in [6.45, 7) is 0. The number of nitrogens with zero attached hydrogens (tertiary/aromatic N) is 3. The molecular formula is C24H20ClN3O2S. The fourth-order valence-corrected chi connectivity index (χ4v) is 4.12. The first-order valence-electron chi connectivity index (χ1n) is 9.68. The second-order valence-corrected chi connectivity index (χ2v) is 8.19. The number of hydrogen-bond acceptors (Lipinski definition) is 5. The van der Waals surface area contributed by atoms with Crippen molar-refractivity contribution < 1.29 is 9.53 Å². The van der Waals surface area contributed by atoms with Gasteiger partial charge in [0.2, 0.25) is 0 Å². The fraction of sp³-hybridized carbons (Fsp3) is 0.125. The number of methoxy groups -OCH3 is 1. The Kier molecular flexibility index (Phi) is 6.70. The number of ether oxygens (including phenoxy) is 1. The summed E-state index contributed by atoms with van der Waals surface area (Å²) in [7, 11) is 1.60. The summed E-state index contributed by atoms with van der Waals surface area (Å²) in [5.41, 5.74) is 2.67. The smallest absolute Gasteiger partial charge is 0.196 e. The van der Waals surface area contributed by atoms with E-state index in [1.165, 1.54) is 11.8 Å². The van der Waals surface area contributed by atoms with Crippen LogP contribution in [0.3, 0.4) is 0 Å². The molecule has 4 aromatic rings. The lowest BCUT2D eigenvalue weighted by molar-refractivity contribution is 0.102. The van der Waals surface area contributed by atoms with E-state index in [0.29, 0.717) is 22.2 Å². The van der Waals surface area contributed by atoms with E-state index < -0.39 is 0 Å². The molecule has 0 saturated carbocycles. The number of Topliss-reactive ketones (excluding diaryl/α,β-unsaturated/α-hetero) is 1. The number of halogens is 1. The summed E-state index contributed by atoms with van der Waals surface area (Å²) >= 11 is 7.44. The number of carbonyl (C=O) groups excluding carboxylic acids is 1. The van der Waals surface area contributed by atoms with E-state index >= 15 is 0 Å². The maximum atomic E-state index is 12.7. The molecule has 0 aliphatic rings. The monoisotopic (exact) mass is 449 g/mol. The quantitative estimate of drug-likeness (QED) is 0.263. The minimum Gasteiger partial charge on any atom is -0.497 e. The SMILES string of the molecule is COc1ccc(C(=O)CSc2nnc(Cc3ccccc3)n2-c2ccc(Cl)cc2)cc1. The molecule has 0 radical (unpaired) electrons. The van der Waals surface area contributed by atoms with Crippen LogP contribution in [0.15, 0.2) is 84.0 Å². The lowest BCUT2D eigenvalue weighted by Crippen LogP contribution is -2.06. The van der Waals surface area contributed by atoms with E-state index in [9.17, 15) is 4.79 Å². The lowest BCUT2D eigenvalue weighted by Gasteiger charge is -2.10. The van der Waals surface area contributed by atoms with Gasteiger partial charge >= 0.3 is 0 Å². The summed E-state index contributed by atoms with van der Waals surface area (Å²) in [4.78, 5) is 12.7. The van der Waals surface area contributed by atoms with Gasteiger partial charge in [-0.15, -0.1) is 10.2 Å². The van der Waals surface area contributed by atoms with Crippen LogP contribution in [0.25, 0.3) is 5.69 Å². The zero-order chi connectivity index (χ0) is 21.6. The maximum Gasteiger partial charge on any atom is 0.196 e. The van der Waals surface area contributed by atoms with Crippen molar-refractivity contribution in [2.75, 3.05) is 12.9 Å². The van der Waals surface area contributed by atoms with Gasteiger partial charge in [-0.05, 0) is 54.1 Å². The number of thioether (sulfide) groups is 1. The molecule has 0 aliphatic carbocycles. The molecule has 7 heteroatoms. The van der Waals surface area contributed by atoms with E-state index in [1.807, 2.05) is 47.0 Å². The summed E-state index contributed by atoms with van der Waals surface area (Å²) in [6.07, 6.45) is 0.628. The molecule has 156 valence electrons. The highest BCUT2D eigenvalue weighted by molar-refractivity contribution is 7.99. The first-order chi connectivity index (χ1) is 15.1. The predicted molar refractivity (Wildman–Crippen MR) is 124 cm³/mol. The third-order valence-corrected chi connectivity index (χ3v) is 5.92. The van der Waals surface area contributed by atoms with Gasteiger partial charge in [0.25, 0.3) is 0 Å². The van der Waals surface area contributed by atoms with Crippen LogP contribution in [0.5, 0.6) is 5.75 Å². The molecule has 0 N–H and O–H groups in total. The normalized spacial score (nSPS) is 10.8. The molecule has 1 heterocycles. The number of carbonyl (C=O) groups is 1. The molecule has 0 bridgehead atoms. The van der Waals surface area contributed by atoms with Crippen LogP contribution >= 0.6 is 23.4 Å². The van der Waals surface area contributed by atoms with Gasteiger partial charge < -0.3 is 4.74 Å². The Balaban J connectivity index is 1.59. The van der Waals surface area contributed by atoms with Crippen LogP contribution in [-0.4, -0.2) is 33.4 Å². The highest BCUT2D eigenvalue weighted by atomic mass is 35.5. The highest BCUT2D eigenvalue weighted by Gasteiger charge is 2.17. The van der Waals surface area contributed by atoms with Gasteiger partial charge in [0.1, 0.15) is 11.6 Å². The van der Waals surface area contributed by atoms with Crippen molar-refractivity contribution in [3.05, 3.63) is 101 Å². The number of benzene rings is 3. The summed E-state index contributed by atoms with van der Waals surface area (Å²) in [5, 5.41) is 10.1. The molecule has 0 amide bonds. The van der Waals surface area contributed by atoms with Gasteiger partial charge in [0.15, 0.2) is 10.9 Å². The molecule has 0 spiro atoms. The number of hydrogen-bond donors (Lipinski definition) is 0.